The van der Waals surface area contributed by atoms with Gasteiger partial charge in [0.1, 0.15) is 0 Å². The number of aryl methyl sites for hydroxylation is 2. The minimum Gasteiger partial charge on any atom is -0.504 e. The van der Waals surface area contributed by atoms with Crippen LogP contribution >= 0.6 is 0 Å². The molecule has 0 spiro atoms. The van der Waals surface area contributed by atoms with Crippen LogP contribution < -0.4 is 0 Å². The summed E-state index contributed by atoms with van der Waals surface area (Å²) < 4.78 is 0. The van der Waals surface area contributed by atoms with E-state index < -0.39 is 5.75 Å². The summed E-state index contributed by atoms with van der Waals surface area (Å²) in [6.07, 6.45) is 13.1. The summed E-state index contributed by atoms with van der Waals surface area (Å²) in [7, 11) is 0. The van der Waals surface area contributed by atoms with Crippen molar-refractivity contribution in [1.29, 1.82) is 0 Å². The highest BCUT2D eigenvalue weighted by Crippen LogP contribution is 2.44. The third-order valence-corrected chi connectivity index (χ3v) is 5.26. The van der Waals surface area contributed by atoms with Gasteiger partial charge in [0.25, 0.3) is 0 Å². The van der Waals surface area contributed by atoms with Gasteiger partial charge in [-0.05, 0) is 42.5 Å². The Morgan fingerprint density at radius 3 is 1.85 bits per heavy atom. The first-order chi connectivity index (χ1) is 13.0. The van der Waals surface area contributed by atoms with Gasteiger partial charge in [0.2, 0.25) is 5.75 Å². The Labute approximate surface area is 163 Å². The predicted molar refractivity (Wildman–Crippen MR) is 113 cm³/mol. The SMILES string of the molecule is CCCCCCCCCCCc1ccc(-c2c(C)cc(O)c(O)c2O)cc1. The largest absolute Gasteiger partial charge is 0.504 e. The maximum absolute atomic E-state index is 10.2. The lowest BCUT2D eigenvalue weighted by atomic mass is 9.96. The summed E-state index contributed by atoms with van der Waals surface area (Å²) >= 11 is 0. The van der Waals surface area contributed by atoms with Gasteiger partial charge in [0.15, 0.2) is 11.5 Å². The number of aromatic hydroxyl groups is 3. The molecule has 2 aromatic carbocycles. The summed E-state index contributed by atoms with van der Waals surface area (Å²) in [5.74, 6) is -1.02. The minimum absolute atomic E-state index is 0.265. The normalized spacial score (nSPS) is 11.0. The van der Waals surface area contributed by atoms with Crippen molar-refractivity contribution in [1.82, 2.24) is 0 Å². The van der Waals surface area contributed by atoms with Crippen molar-refractivity contribution in [2.24, 2.45) is 0 Å². The number of rotatable bonds is 11. The van der Waals surface area contributed by atoms with Crippen LogP contribution in [0.3, 0.4) is 0 Å². The molecule has 0 atom stereocenters. The maximum Gasteiger partial charge on any atom is 0.200 e. The summed E-state index contributed by atoms with van der Waals surface area (Å²) in [6, 6.07) is 9.59. The van der Waals surface area contributed by atoms with Crippen LogP contribution in [0.2, 0.25) is 0 Å². The van der Waals surface area contributed by atoms with Crippen LogP contribution in [0.1, 0.15) is 75.8 Å². The molecule has 0 heterocycles. The Hall–Kier alpha value is -2.16. The van der Waals surface area contributed by atoms with Gasteiger partial charge >= 0.3 is 0 Å². The highest BCUT2D eigenvalue weighted by atomic mass is 16.3. The minimum atomic E-state index is -0.464. The van der Waals surface area contributed by atoms with Crippen molar-refractivity contribution in [2.75, 3.05) is 0 Å². The Kier molecular flexibility index (Phi) is 8.50. The molecule has 0 fully saturated rings. The van der Waals surface area contributed by atoms with E-state index in [-0.39, 0.29) is 11.5 Å². The van der Waals surface area contributed by atoms with Crippen molar-refractivity contribution in [2.45, 2.75) is 78.1 Å². The molecule has 0 amide bonds. The van der Waals surface area contributed by atoms with E-state index in [2.05, 4.69) is 19.1 Å². The molecule has 0 aromatic heterocycles. The van der Waals surface area contributed by atoms with Gasteiger partial charge in [0.05, 0.1) is 0 Å². The molecule has 0 aliphatic rings. The third kappa shape index (κ3) is 6.20. The Morgan fingerprint density at radius 2 is 1.26 bits per heavy atom. The first-order valence-corrected chi connectivity index (χ1v) is 10.4. The molecule has 3 nitrogen and oxygen atoms in total. The number of phenolic OH excluding ortho intramolecular Hbond substituents is 3. The first-order valence-electron chi connectivity index (χ1n) is 10.4. The molecule has 3 N–H and O–H groups in total. The van der Waals surface area contributed by atoms with Gasteiger partial charge in [0, 0.05) is 5.56 Å². The van der Waals surface area contributed by atoms with Gasteiger partial charge in [-0.15, -0.1) is 0 Å². The highest BCUT2D eigenvalue weighted by molar-refractivity contribution is 5.78. The maximum atomic E-state index is 10.2. The van der Waals surface area contributed by atoms with Crippen molar-refractivity contribution < 1.29 is 15.3 Å². The molecular formula is C24H34O3. The lowest BCUT2D eigenvalue weighted by Crippen LogP contribution is -1.89. The molecular weight excluding hydrogens is 336 g/mol. The van der Waals surface area contributed by atoms with Gasteiger partial charge in [-0.3, -0.25) is 0 Å². The average molecular weight is 371 g/mol. The van der Waals surface area contributed by atoms with Crippen LogP contribution in [0.5, 0.6) is 17.2 Å². The van der Waals surface area contributed by atoms with Gasteiger partial charge in [-0.2, -0.15) is 0 Å². The standard InChI is InChI=1S/C24H34O3/c1-3-4-5-6-7-8-9-10-11-12-19-13-15-20(16-14-19)22-18(2)17-21(25)23(26)24(22)27/h13-17,25-27H,3-12H2,1-2H3. The average Bonchev–Trinajstić information content (AvgIpc) is 2.66. The second kappa shape index (κ2) is 10.9. The van der Waals surface area contributed by atoms with Gasteiger partial charge < -0.3 is 15.3 Å². The molecule has 0 saturated heterocycles. The van der Waals surface area contributed by atoms with Crippen LogP contribution in [0.15, 0.2) is 30.3 Å². The molecule has 27 heavy (non-hydrogen) atoms. The van der Waals surface area contributed by atoms with Crippen LogP contribution in [0.25, 0.3) is 11.1 Å². The molecule has 0 aliphatic carbocycles. The quantitative estimate of drug-likeness (QED) is 0.299. The summed E-state index contributed by atoms with van der Waals surface area (Å²) in [4.78, 5) is 0. The smallest absolute Gasteiger partial charge is 0.200 e. The van der Waals surface area contributed by atoms with E-state index >= 15 is 0 Å². The van der Waals surface area contributed by atoms with E-state index in [1.54, 1.807) is 0 Å². The fraction of sp³-hybridized carbons (Fsp3) is 0.500. The summed E-state index contributed by atoms with van der Waals surface area (Å²) in [5.41, 5.74) is 3.44. The first kappa shape index (κ1) is 21.1. The molecule has 2 aromatic rings. The van der Waals surface area contributed by atoms with E-state index in [9.17, 15) is 15.3 Å². The molecule has 0 saturated carbocycles. The van der Waals surface area contributed by atoms with E-state index in [0.29, 0.717) is 5.56 Å². The van der Waals surface area contributed by atoms with E-state index in [1.165, 1.54) is 69.4 Å². The molecule has 0 unspecified atom stereocenters. The third-order valence-electron chi connectivity index (χ3n) is 5.26. The van der Waals surface area contributed by atoms with Crippen molar-refractivity contribution in [3.8, 4) is 28.4 Å². The molecule has 0 aliphatic heterocycles. The van der Waals surface area contributed by atoms with Crippen LogP contribution in [-0.2, 0) is 6.42 Å². The van der Waals surface area contributed by atoms with Crippen molar-refractivity contribution in [3.63, 3.8) is 0 Å². The zero-order valence-electron chi connectivity index (χ0n) is 16.8. The van der Waals surface area contributed by atoms with E-state index in [0.717, 1.165) is 17.5 Å². The second-order valence-electron chi connectivity index (χ2n) is 7.56. The zero-order valence-corrected chi connectivity index (χ0v) is 16.8. The van der Waals surface area contributed by atoms with Crippen LogP contribution in [0, 0.1) is 6.92 Å². The molecule has 3 heteroatoms. The molecule has 2 rings (SSSR count). The van der Waals surface area contributed by atoms with Crippen molar-refractivity contribution >= 4 is 0 Å². The van der Waals surface area contributed by atoms with Gasteiger partial charge in [-0.25, -0.2) is 0 Å². The Balaban J connectivity index is 1.80. The number of benzene rings is 2. The summed E-state index contributed by atoms with van der Waals surface area (Å²) in [5, 5.41) is 29.5. The molecule has 0 bridgehead atoms. The van der Waals surface area contributed by atoms with Gasteiger partial charge in [-0.1, -0.05) is 82.6 Å². The fourth-order valence-corrected chi connectivity index (χ4v) is 3.61. The van der Waals surface area contributed by atoms with Crippen molar-refractivity contribution in [3.05, 3.63) is 41.5 Å². The van der Waals surface area contributed by atoms with E-state index in [1.807, 2.05) is 19.1 Å². The number of hydrogen-bond donors (Lipinski definition) is 3. The topological polar surface area (TPSA) is 60.7 Å². The van der Waals surface area contributed by atoms with E-state index in [4.69, 9.17) is 0 Å². The number of unbranched alkanes of at least 4 members (excludes halogenated alkanes) is 8. The molecule has 148 valence electrons. The Bertz CT molecular complexity index is 705. The lowest BCUT2D eigenvalue weighted by Gasteiger charge is -2.12. The molecule has 0 radical (unpaired) electrons. The zero-order chi connectivity index (χ0) is 19.6. The number of hydrogen-bond acceptors (Lipinski definition) is 3. The predicted octanol–water partition coefficient (Wildman–Crippen LogP) is 6.85. The lowest BCUT2D eigenvalue weighted by molar-refractivity contribution is 0.368. The highest BCUT2D eigenvalue weighted by Gasteiger charge is 2.16. The van der Waals surface area contributed by atoms with Crippen LogP contribution in [-0.4, -0.2) is 15.3 Å². The monoisotopic (exact) mass is 370 g/mol. The second-order valence-corrected chi connectivity index (χ2v) is 7.56. The fourth-order valence-electron chi connectivity index (χ4n) is 3.61. The van der Waals surface area contributed by atoms with Crippen LogP contribution in [0.4, 0.5) is 0 Å². The number of phenols is 3. The Morgan fingerprint density at radius 1 is 0.704 bits per heavy atom. The summed E-state index contributed by atoms with van der Waals surface area (Å²) in [6.45, 7) is 4.06.